The molecule has 1 aromatic heterocycles. The summed E-state index contributed by atoms with van der Waals surface area (Å²) in [5.74, 6) is 0.330. The molecule has 146 valence electrons. The molecule has 0 saturated heterocycles. The number of nitriles is 1. The van der Waals surface area contributed by atoms with E-state index >= 15 is 0 Å². The maximum atomic E-state index is 9.82. The van der Waals surface area contributed by atoms with E-state index in [0.717, 1.165) is 28.1 Å². The lowest BCUT2D eigenvalue weighted by atomic mass is 9.78. The van der Waals surface area contributed by atoms with Crippen LogP contribution in [-0.4, -0.2) is 23.2 Å². The molecule has 3 aromatic rings. The number of fused-ring (bicyclic) bond motifs is 1. The van der Waals surface area contributed by atoms with E-state index in [1.165, 1.54) is 5.56 Å². The molecule has 2 N–H and O–H groups in total. The van der Waals surface area contributed by atoms with E-state index in [1.807, 2.05) is 36.4 Å². The molecule has 0 fully saturated rings. The summed E-state index contributed by atoms with van der Waals surface area (Å²) in [6.45, 7) is 4.29. The predicted molar refractivity (Wildman–Crippen MR) is 110 cm³/mol. The van der Waals surface area contributed by atoms with Crippen molar-refractivity contribution in [2.45, 2.75) is 25.7 Å². The Labute approximate surface area is 169 Å². The first-order valence-electron chi connectivity index (χ1n) is 9.52. The number of rotatable bonds is 4. The lowest BCUT2D eigenvalue weighted by Gasteiger charge is -2.28. The Hall–Kier alpha value is -3.59. The van der Waals surface area contributed by atoms with E-state index in [4.69, 9.17) is 14.9 Å². The first-order valence-corrected chi connectivity index (χ1v) is 9.52. The minimum absolute atomic E-state index is 0.0818. The second-order valence-electron chi connectivity index (χ2n) is 7.42. The molecule has 1 aliphatic rings. The molecule has 1 aliphatic heterocycles. The molecule has 2 aromatic carbocycles. The highest BCUT2D eigenvalue weighted by Crippen LogP contribution is 2.46. The molecule has 0 aliphatic carbocycles. The molecule has 4 rings (SSSR count). The highest BCUT2D eigenvalue weighted by atomic mass is 16.5. The minimum atomic E-state index is -0.727. The van der Waals surface area contributed by atoms with Gasteiger partial charge in [-0.15, -0.1) is 5.10 Å². The Kier molecular flexibility index (Phi) is 4.81. The molecule has 2 heterocycles. The van der Waals surface area contributed by atoms with Crippen molar-refractivity contribution < 1.29 is 9.47 Å². The second kappa shape index (κ2) is 7.44. The minimum Gasteiger partial charge on any atom is -0.497 e. The van der Waals surface area contributed by atoms with Gasteiger partial charge in [0.2, 0.25) is 11.8 Å². The van der Waals surface area contributed by atoms with Crippen molar-refractivity contribution in [3.63, 3.8) is 0 Å². The topological polar surface area (TPSA) is 94.8 Å². The summed E-state index contributed by atoms with van der Waals surface area (Å²) in [5.41, 5.74) is 4.63. The van der Waals surface area contributed by atoms with Gasteiger partial charge < -0.3 is 9.47 Å². The van der Waals surface area contributed by atoms with Crippen LogP contribution in [0.5, 0.6) is 11.6 Å². The van der Waals surface area contributed by atoms with Gasteiger partial charge in [0, 0.05) is 11.5 Å². The molecule has 6 nitrogen and oxygen atoms in total. The molecule has 29 heavy (non-hydrogen) atoms. The summed E-state index contributed by atoms with van der Waals surface area (Å²) in [6, 6.07) is 18.1. The molecule has 0 saturated carbocycles. The van der Waals surface area contributed by atoms with Crippen LogP contribution in [0.2, 0.25) is 0 Å². The van der Waals surface area contributed by atoms with Crippen LogP contribution in [-0.2, 0) is 0 Å². The van der Waals surface area contributed by atoms with Gasteiger partial charge in [-0.25, -0.2) is 0 Å². The van der Waals surface area contributed by atoms with Crippen molar-refractivity contribution in [2.75, 3.05) is 7.11 Å². The van der Waals surface area contributed by atoms with Crippen molar-refractivity contribution in [3.8, 4) is 29.0 Å². The van der Waals surface area contributed by atoms with Crippen LogP contribution in [0.25, 0.3) is 11.3 Å². The summed E-state index contributed by atoms with van der Waals surface area (Å²) in [5, 5.41) is 25.4. The lowest BCUT2D eigenvalue weighted by Crippen LogP contribution is -2.30. The quantitative estimate of drug-likeness (QED) is 0.670. The number of nitrogens with zero attached hydrogens (tertiary/aromatic N) is 2. The van der Waals surface area contributed by atoms with Crippen molar-refractivity contribution in [1.82, 2.24) is 10.2 Å². The van der Waals surface area contributed by atoms with Crippen LogP contribution in [0.4, 0.5) is 0 Å². The van der Waals surface area contributed by atoms with Crippen LogP contribution >= 0.6 is 0 Å². The summed E-state index contributed by atoms with van der Waals surface area (Å²) >= 11 is 0. The molecule has 2 atom stereocenters. The zero-order chi connectivity index (χ0) is 20.5. The van der Waals surface area contributed by atoms with Gasteiger partial charge in [-0.1, -0.05) is 50.2 Å². The van der Waals surface area contributed by atoms with Crippen LogP contribution in [0, 0.1) is 22.7 Å². The lowest BCUT2D eigenvalue weighted by molar-refractivity contribution is 0.415. The summed E-state index contributed by atoms with van der Waals surface area (Å²) in [4.78, 5) is 0. The van der Waals surface area contributed by atoms with Crippen LogP contribution < -0.4 is 9.47 Å². The number of methoxy groups -OCH3 is 1. The van der Waals surface area contributed by atoms with E-state index in [-0.39, 0.29) is 11.8 Å². The molecular weight excluding hydrogens is 364 g/mol. The number of H-pyrrole nitrogens is 1. The summed E-state index contributed by atoms with van der Waals surface area (Å²) in [7, 11) is 1.62. The molecule has 0 amide bonds. The van der Waals surface area contributed by atoms with E-state index < -0.39 is 5.92 Å². The van der Waals surface area contributed by atoms with E-state index in [9.17, 15) is 5.26 Å². The maximum absolute atomic E-state index is 9.82. The molecular formula is C23H22N4O2. The summed E-state index contributed by atoms with van der Waals surface area (Å²) < 4.78 is 10.9. The molecule has 0 bridgehead atoms. The summed E-state index contributed by atoms with van der Waals surface area (Å²) in [6.07, 6.45) is 0. The zero-order valence-corrected chi connectivity index (χ0v) is 16.6. The van der Waals surface area contributed by atoms with Gasteiger partial charge in [0.25, 0.3) is 0 Å². The third kappa shape index (κ3) is 3.25. The van der Waals surface area contributed by atoms with Gasteiger partial charge in [0.05, 0.1) is 24.4 Å². The monoisotopic (exact) mass is 386 g/mol. The second-order valence-corrected chi connectivity index (χ2v) is 7.42. The van der Waals surface area contributed by atoms with Crippen LogP contribution in [0.3, 0.4) is 0 Å². The maximum Gasteiger partial charge on any atom is 0.244 e. The standard InChI is InChI=1S/C23H22N4O2/c1-13(2)14-7-9-15(10-8-14)19-18(12-24)22(25)29-23-20(19)21(26-27-23)16-5-4-6-17(11-16)28-3/h4-11,13,18-19,25H,1-3H3,(H,26,27). The smallest absolute Gasteiger partial charge is 0.244 e. The van der Waals surface area contributed by atoms with Gasteiger partial charge in [0.1, 0.15) is 11.7 Å². The van der Waals surface area contributed by atoms with Gasteiger partial charge in [0.15, 0.2) is 0 Å². The fourth-order valence-corrected chi connectivity index (χ4v) is 3.77. The van der Waals surface area contributed by atoms with Gasteiger partial charge in [-0.05, 0) is 29.2 Å². The SMILES string of the molecule is COc1cccc(-c2[nH]nc3c2C(c2ccc(C(C)C)cc2)C(C#N)C(=N)O3)c1. The van der Waals surface area contributed by atoms with Gasteiger partial charge in [-0.2, -0.15) is 5.26 Å². The van der Waals surface area contributed by atoms with Crippen LogP contribution in [0.15, 0.2) is 48.5 Å². The van der Waals surface area contributed by atoms with E-state index in [2.05, 4.69) is 42.2 Å². The van der Waals surface area contributed by atoms with Crippen molar-refractivity contribution in [1.29, 1.82) is 10.7 Å². The predicted octanol–water partition coefficient (Wildman–Crippen LogP) is 4.85. The first kappa shape index (κ1) is 18.8. The Morgan fingerprint density at radius 3 is 2.62 bits per heavy atom. The van der Waals surface area contributed by atoms with Crippen LogP contribution in [0.1, 0.15) is 42.4 Å². The number of hydrogen-bond donors (Lipinski definition) is 2. The molecule has 6 heteroatoms. The highest BCUT2D eigenvalue weighted by molar-refractivity contribution is 5.86. The number of aromatic nitrogens is 2. The average molecular weight is 386 g/mol. The highest BCUT2D eigenvalue weighted by Gasteiger charge is 2.40. The Bertz CT molecular complexity index is 1090. The number of ether oxygens (including phenoxy) is 2. The van der Waals surface area contributed by atoms with Crippen molar-refractivity contribution in [2.24, 2.45) is 5.92 Å². The van der Waals surface area contributed by atoms with E-state index in [0.29, 0.717) is 11.8 Å². The average Bonchev–Trinajstić information content (AvgIpc) is 3.16. The molecule has 2 unspecified atom stereocenters. The number of nitrogens with one attached hydrogen (secondary N) is 2. The fraction of sp³-hybridized carbons (Fsp3) is 0.261. The number of hydrogen-bond acceptors (Lipinski definition) is 5. The Morgan fingerprint density at radius 2 is 1.97 bits per heavy atom. The number of aromatic amines is 1. The Balaban J connectivity index is 1.88. The fourth-order valence-electron chi connectivity index (χ4n) is 3.77. The zero-order valence-electron chi connectivity index (χ0n) is 16.6. The van der Waals surface area contributed by atoms with Gasteiger partial charge >= 0.3 is 0 Å². The van der Waals surface area contributed by atoms with Crippen molar-refractivity contribution >= 4 is 5.90 Å². The normalized spacial score (nSPS) is 18.1. The number of benzene rings is 2. The van der Waals surface area contributed by atoms with E-state index in [1.54, 1.807) is 7.11 Å². The molecule has 0 spiro atoms. The Morgan fingerprint density at radius 1 is 1.21 bits per heavy atom. The van der Waals surface area contributed by atoms with Crippen molar-refractivity contribution in [3.05, 3.63) is 65.2 Å². The third-order valence-electron chi connectivity index (χ3n) is 5.36. The van der Waals surface area contributed by atoms with Gasteiger partial charge in [-0.3, -0.25) is 10.5 Å². The third-order valence-corrected chi connectivity index (χ3v) is 5.36. The molecule has 0 radical (unpaired) electrons. The first-order chi connectivity index (χ1) is 14.0. The largest absolute Gasteiger partial charge is 0.497 e.